The minimum absolute atomic E-state index is 0.345. The van der Waals surface area contributed by atoms with E-state index in [1.165, 1.54) is 39.6 Å². The van der Waals surface area contributed by atoms with E-state index >= 15 is 0 Å². The summed E-state index contributed by atoms with van der Waals surface area (Å²) in [6.45, 7) is 5.12. The van der Waals surface area contributed by atoms with Crippen LogP contribution in [0, 0.1) is 6.92 Å². The minimum Gasteiger partial charge on any atom is -0.373 e. The molecule has 1 aliphatic heterocycles. The molecule has 0 N–H and O–H groups in total. The number of aryl methyl sites for hydroxylation is 1. The zero-order valence-electron chi connectivity index (χ0n) is 13.4. The zero-order chi connectivity index (χ0) is 15.4. The molecule has 2 aromatic heterocycles. The van der Waals surface area contributed by atoms with Gasteiger partial charge in [0.15, 0.2) is 0 Å². The Morgan fingerprint density at radius 3 is 3.00 bits per heavy atom. The van der Waals surface area contributed by atoms with Gasteiger partial charge < -0.3 is 9.64 Å². The Kier molecular flexibility index (Phi) is 5.63. The Morgan fingerprint density at radius 1 is 1.36 bits per heavy atom. The van der Waals surface area contributed by atoms with Gasteiger partial charge in [-0.15, -0.1) is 22.7 Å². The lowest BCUT2D eigenvalue weighted by Gasteiger charge is -2.21. The maximum atomic E-state index is 5.88. The van der Waals surface area contributed by atoms with Gasteiger partial charge in [-0.2, -0.15) is 0 Å². The predicted octanol–water partition coefficient (Wildman–Crippen LogP) is 4.43. The maximum absolute atomic E-state index is 5.88. The predicted molar refractivity (Wildman–Crippen MR) is 93.8 cm³/mol. The number of aromatic nitrogens is 1. The molecule has 0 unspecified atom stereocenters. The van der Waals surface area contributed by atoms with Crippen LogP contribution in [0.15, 0.2) is 17.6 Å². The molecular formula is C17H24N2OS2. The SMILES string of the molecule is Cc1ncsc1CCN(C)Cc1ccc([C@H]2CCCCO2)s1. The molecule has 0 aliphatic carbocycles. The second-order valence-corrected chi connectivity index (χ2v) is 8.15. The standard InChI is InChI=1S/C17H24N2OS2/c1-13-16(21-12-18-13)8-9-19(2)11-14-6-7-17(22-14)15-5-3-4-10-20-15/h6-7,12,15H,3-5,8-11H2,1-2H3/t15-/m1/s1. The van der Waals surface area contributed by atoms with Crippen LogP contribution < -0.4 is 0 Å². The Labute approximate surface area is 141 Å². The van der Waals surface area contributed by atoms with E-state index in [0.717, 1.165) is 26.1 Å². The first-order valence-corrected chi connectivity index (χ1v) is 9.69. The Hall–Kier alpha value is -0.750. The average Bonchev–Trinajstić information content (AvgIpc) is 3.15. The summed E-state index contributed by atoms with van der Waals surface area (Å²) in [5.41, 5.74) is 3.13. The first kappa shape index (κ1) is 16.1. The highest BCUT2D eigenvalue weighted by molar-refractivity contribution is 7.12. The zero-order valence-corrected chi connectivity index (χ0v) is 15.0. The highest BCUT2D eigenvalue weighted by Gasteiger charge is 2.18. The summed E-state index contributed by atoms with van der Waals surface area (Å²) < 4.78 is 5.88. The molecule has 0 saturated carbocycles. The molecule has 22 heavy (non-hydrogen) atoms. The fourth-order valence-corrected chi connectivity index (χ4v) is 4.77. The number of likely N-dealkylation sites (N-methyl/N-ethyl adjacent to an activating group) is 1. The van der Waals surface area contributed by atoms with Crippen molar-refractivity contribution in [2.75, 3.05) is 20.2 Å². The third-order valence-electron chi connectivity index (χ3n) is 4.17. The smallest absolute Gasteiger partial charge is 0.0916 e. The van der Waals surface area contributed by atoms with Gasteiger partial charge in [0.25, 0.3) is 0 Å². The average molecular weight is 337 g/mol. The highest BCUT2D eigenvalue weighted by atomic mass is 32.1. The van der Waals surface area contributed by atoms with Gasteiger partial charge in [0.1, 0.15) is 0 Å². The molecule has 3 rings (SSSR count). The van der Waals surface area contributed by atoms with Crippen LogP contribution in [-0.2, 0) is 17.7 Å². The summed E-state index contributed by atoms with van der Waals surface area (Å²) in [5, 5.41) is 0. The molecule has 120 valence electrons. The van der Waals surface area contributed by atoms with Gasteiger partial charge in [-0.05, 0) is 51.8 Å². The maximum Gasteiger partial charge on any atom is 0.0916 e. The van der Waals surface area contributed by atoms with Crippen LogP contribution in [0.1, 0.15) is 45.7 Å². The lowest BCUT2D eigenvalue weighted by molar-refractivity contribution is 0.0172. The van der Waals surface area contributed by atoms with Crippen molar-refractivity contribution in [3.8, 4) is 0 Å². The molecule has 0 radical (unpaired) electrons. The van der Waals surface area contributed by atoms with E-state index in [-0.39, 0.29) is 0 Å². The van der Waals surface area contributed by atoms with Gasteiger partial charge >= 0.3 is 0 Å². The number of thiazole rings is 1. The van der Waals surface area contributed by atoms with Crippen molar-refractivity contribution in [2.45, 2.75) is 45.3 Å². The highest BCUT2D eigenvalue weighted by Crippen LogP contribution is 2.33. The number of hydrogen-bond acceptors (Lipinski definition) is 5. The Balaban J connectivity index is 1.50. The number of nitrogens with zero attached hydrogens (tertiary/aromatic N) is 2. The molecule has 1 fully saturated rings. The fraction of sp³-hybridized carbons (Fsp3) is 0.588. The topological polar surface area (TPSA) is 25.4 Å². The normalized spacial score (nSPS) is 19.0. The van der Waals surface area contributed by atoms with Crippen LogP contribution in [0.5, 0.6) is 0 Å². The molecule has 0 aromatic carbocycles. The van der Waals surface area contributed by atoms with Crippen LogP contribution in [0.25, 0.3) is 0 Å². The largest absolute Gasteiger partial charge is 0.373 e. The monoisotopic (exact) mass is 336 g/mol. The van der Waals surface area contributed by atoms with E-state index in [9.17, 15) is 0 Å². The molecule has 3 nitrogen and oxygen atoms in total. The van der Waals surface area contributed by atoms with E-state index in [1.807, 2.05) is 16.8 Å². The summed E-state index contributed by atoms with van der Waals surface area (Å²) in [5.74, 6) is 0. The first-order valence-electron chi connectivity index (χ1n) is 8.00. The number of rotatable bonds is 6. The molecule has 3 heterocycles. The van der Waals surface area contributed by atoms with Crippen LogP contribution in [0.3, 0.4) is 0 Å². The summed E-state index contributed by atoms with van der Waals surface area (Å²) in [4.78, 5) is 11.0. The Morgan fingerprint density at radius 2 is 2.27 bits per heavy atom. The summed E-state index contributed by atoms with van der Waals surface area (Å²) in [6.07, 6.45) is 5.13. The second kappa shape index (κ2) is 7.68. The van der Waals surface area contributed by atoms with Crippen LogP contribution in [-0.4, -0.2) is 30.1 Å². The lowest BCUT2D eigenvalue weighted by Crippen LogP contribution is -2.20. The van der Waals surface area contributed by atoms with Crippen molar-refractivity contribution in [2.24, 2.45) is 0 Å². The van der Waals surface area contributed by atoms with Crippen molar-refractivity contribution in [3.63, 3.8) is 0 Å². The van der Waals surface area contributed by atoms with Crippen molar-refractivity contribution < 1.29 is 4.74 Å². The number of hydrogen-bond donors (Lipinski definition) is 0. The summed E-state index contributed by atoms with van der Waals surface area (Å²) >= 11 is 3.69. The summed E-state index contributed by atoms with van der Waals surface area (Å²) in [6, 6.07) is 4.53. The van der Waals surface area contributed by atoms with Crippen molar-refractivity contribution in [1.29, 1.82) is 0 Å². The van der Waals surface area contributed by atoms with Gasteiger partial charge in [0, 0.05) is 34.3 Å². The van der Waals surface area contributed by atoms with E-state index in [2.05, 4.69) is 36.0 Å². The molecule has 0 spiro atoms. The fourth-order valence-electron chi connectivity index (χ4n) is 2.82. The van der Waals surface area contributed by atoms with Gasteiger partial charge in [0.05, 0.1) is 17.3 Å². The van der Waals surface area contributed by atoms with E-state index < -0.39 is 0 Å². The van der Waals surface area contributed by atoms with Gasteiger partial charge in [-0.1, -0.05) is 0 Å². The Bertz CT molecular complexity index is 587. The third-order valence-corrected chi connectivity index (χ3v) is 6.33. The quantitative estimate of drug-likeness (QED) is 0.780. The molecule has 1 saturated heterocycles. The molecule has 5 heteroatoms. The molecule has 0 bridgehead atoms. The van der Waals surface area contributed by atoms with Crippen LogP contribution in [0.4, 0.5) is 0 Å². The van der Waals surface area contributed by atoms with E-state index in [0.29, 0.717) is 6.10 Å². The van der Waals surface area contributed by atoms with Gasteiger partial charge in [-0.25, -0.2) is 4.98 Å². The van der Waals surface area contributed by atoms with Crippen molar-refractivity contribution >= 4 is 22.7 Å². The number of thiophene rings is 1. The summed E-state index contributed by atoms with van der Waals surface area (Å²) in [7, 11) is 2.20. The van der Waals surface area contributed by atoms with Crippen LogP contribution >= 0.6 is 22.7 Å². The van der Waals surface area contributed by atoms with Crippen LogP contribution in [0.2, 0.25) is 0 Å². The lowest BCUT2D eigenvalue weighted by atomic mass is 10.1. The molecule has 0 amide bonds. The van der Waals surface area contributed by atoms with Gasteiger partial charge in [-0.3, -0.25) is 0 Å². The third kappa shape index (κ3) is 4.16. The van der Waals surface area contributed by atoms with E-state index in [4.69, 9.17) is 4.74 Å². The number of ether oxygens (including phenoxy) is 1. The van der Waals surface area contributed by atoms with Crippen molar-refractivity contribution in [1.82, 2.24) is 9.88 Å². The van der Waals surface area contributed by atoms with E-state index in [1.54, 1.807) is 11.3 Å². The molecule has 1 aliphatic rings. The second-order valence-electron chi connectivity index (χ2n) is 6.01. The van der Waals surface area contributed by atoms with Gasteiger partial charge in [0.2, 0.25) is 0 Å². The molecular weight excluding hydrogens is 312 g/mol. The molecule has 1 atom stereocenters. The first-order chi connectivity index (χ1) is 10.7. The molecule has 2 aromatic rings. The van der Waals surface area contributed by atoms with Crippen molar-refractivity contribution in [3.05, 3.63) is 38.0 Å². The minimum atomic E-state index is 0.345.